The summed E-state index contributed by atoms with van der Waals surface area (Å²) in [7, 11) is 0. The number of rotatable bonds is 7. The quantitative estimate of drug-likeness (QED) is 0.482. The Hall–Kier alpha value is -3.35. The van der Waals surface area contributed by atoms with Crippen LogP contribution in [-0.2, 0) is 23.9 Å². The molecule has 3 rings (SSSR count). The average Bonchev–Trinajstić information content (AvgIpc) is 3.02. The van der Waals surface area contributed by atoms with Crippen LogP contribution < -0.4 is 0 Å². The molecule has 0 saturated heterocycles. The largest absolute Gasteiger partial charge is 0.416 e. The molecule has 4 nitrogen and oxygen atoms in total. The number of aromatic nitrogens is 2. The minimum atomic E-state index is -4.44. The predicted octanol–water partition coefficient (Wildman–Crippen LogP) is 5.27. The predicted molar refractivity (Wildman–Crippen MR) is 114 cm³/mol. The number of hydrogen-bond donors (Lipinski definition) is 0. The summed E-state index contributed by atoms with van der Waals surface area (Å²) in [5.74, 6) is -0.0986. The number of alkyl halides is 3. The molecule has 0 aliphatic carbocycles. The number of amides is 1. The van der Waals surface area contributed by atoms with Gasteiger partial charge in [-0.2, -0.15) is 18.3 Å². The summed E-state index contributed by atoms with van der Waals surface area (Å²) in [6, 6.07) is 14.7. The van der Waals surface area contributed by atoms with E-state index in [-0.39, 0.29) is 12.3 Å². The lowest BCUT2D eigenvalue weighted by molar-refractivity contribution is -0.137. The van der Waals surface area contributed by atoms with Gasteiger partial charge in [0.1, 0.15) is 0 Å². The highest BCUT2D eigenvalue weighted by Crippen LogP contribution is 2.31. The van der Waals surface area contributed by atoms with E-state index in [9.17, 15) is 18.0 Å². The average molecular weight is 427 g/mol. The number of benzene rings is 2. The first kappa shape index (κ1) is 22.3. The van der Waals surface area contributed by atoms with Crippen molar-refractivity contribution in [3.05, 3.63) is 95.3 Å². The van der Waals surface area contributed by atoms with Crippen molar-refractivity contribution in [1.82, 2.24) is 14.7 Å². The second-order valence-corrected chi connectivity index (χ2v) is 7.33. The van der Waals surface area contributed by atoms with Gasteiger partial charge in [0, 0.05) is 24.3 Å². The van der Waals surface area contributed by atoms with Crippen molar-refractivity contribution >= 4 is 5.91 Å². The van der Waals surface area contributed by atoms with E-state index in [1.807, 2.05) is 30.3 Å². The minimum Gasteiger partial charge on any atom is -0.334 e. The lowest BCUT2D eigenvalue weighted by Crippen LogP contribution is -2.32. The van der Waals surface area contributed by atoms with Gasteiger partial charge in [0.25, 0.3) is 0 Å². The molecule has 162 valence electrons. The molecule has 2 aromatic carbocycles. The van der Waals surface area contributed by atoms with Crippen molar-refractivity contribution < 1.29 is 18.0 Å². The molecular weight excluding hydrogens is 403 g/mol. The Bertz CT molecular complexity index is 1070. The molecule has 0 aliphatic rings. The molecule has 0 atom stereocenters. The number of nitrogens with zero attached hydrogens (tertiary/aromatic N) is 3. The van der Waals surface area contributed by atoms with E-state index in [4.69, 9.17) is 0 Å². The van der Waals surface area contributed by atoms with E-state index >= 15 is 0 Å². The summed E-state index contributed by atoms with van der Waals surface area (Å²) in [5, 5.41) is 4.40. The molecule has 0 bridgehead atoms. The summed E-state index contributed by atoms with van der Waals surface area (Å²) in [6.45, 7) is 8.10. The third-order valence-electron chi connectivity index (χ3n) is 5.11. The molecule has 1 heterocycles. The van der Waals surface area contributed by atoms with Crippen LogP contribution in [0.2, 0.25) is 0 Å². The topological polar surface area (TPSA) is 38.1 Å². The highest BCUT2D eigenvalue weighted by atomic mass is 19.4. The Morgan fingerprint density at radius 3 is 2.48 bits per heavy atom. The minimum absolute atomic E-state index is 0.0986. The summed E-state index contributed by atoms with van der Waals surface area (Å²) in [6.07, 6.45) is -2.66. The van der Waals surface area contributed by atoms with Crippen LogP contribution in [0.1, 0.15) is 28.1 Å². The van der Waals surface area contributed by atoms with Crippen LogP contribution in [0.5, 0.6) is 0 Å². The van der Waals surface area contributed by atoms with Gasteiger partial charge in [0.15, 0.2) is 0 Å². The Balaban J connectivity index is 1.86. The zero-order valence-electron chi connectivity index (χ0n) is 17.5. The van der Waals surface area contributed by atoms with Crippen LogP contribution in [-0.4, -0.2) is 27.1 Å². The highest BCUT2D eigenvalue weighted by molar-refractivity contribution is 5.79. The Morgan fingerprint density at radius 1 is 1.13 bits per heavy atom. The van der Waals surface area contributed by atoms with Crippen LogP contribution >= 0.6 is 0 Å². The van der Waals surface area contributed by atoms with Crippen molar-refractivity contribution in [3.8, 4) is 5.69 Å². The third kappa shape index (κ3) is 5.23. The van der Waals surface area contributed by atoms with E-state index in [2.05, 4.69) is 11.7 Å². The fourth-order valence-corrected chi connectivity index (χ4v) is 3.47. The maximum absolute atomic E-state index is 13.1. The van der Waals surface area contributed by atoms with Crippen molar-refractivity contribution in [2.75, 3.05) is 6.54 Å². The Morgan fingerprint density at radius 2 is 1.84 bits per heavy atom. The molecule has 3 aromatic rings. The molecule has 0 N–H and O–H groups in total. The number of carbonyl (C=O) groups excluding carboxylic acids is 1. The van der Waals surface area contributed by atoms with Gasteiger partial charge < -0.3 is 4.90 Å². The zero-order chi connectivity index (χ0) is 22.6. The first-order valence-corrected chi connectivity index (χ1v) is 9.86. The van der Waals surface area contributed by atoms with Gasteiger partial charge in [-0.05, 0) is 37.6 Å². The fraction of sp³-hybridized carbons (Fsp3) is 0.250. The molecule has 0 aliphatic heterocycles. The third-order valence-corrected chi connectivity index (χ3v) is 5.11. The molecular formula is C24H24F3N3O. The van der Waals surface area contributed by atoms with E-state index in [0.717, 1.165) is 17.7 Å². The van der Waals surface area contributed by atoms with Crippen LogP contribution in [0.25, 0.3) is 5.69 Å². The maximum Gasteiger partial charge on any atom is 0.416 e. The highest BCUT2D eigenvalue weighted by Gasteiger charge is 2.31. The van der Waals surface area contributed by atoms with Gasteiger partial charge in [0.05, 0.1) is 23.4 Å². The summed E-state index contributed by atoms with van der Waals surface area (Å²) >= 11 is 0. The van der Waals surface area contributed by atoms with Crippen molar-refractivity contribution in [2.24, 2.45) is 0 Å². The van der Waals surface area contributed by atoms with Crippen LogP contribution in [0, 0.1) is 13.8 Å². The van der Waals surface area contributed by atoms with E-state index in [1.165, 1.54) is 10.7 Å². The molecule has 0 unspecified atom stereocenters. The molecule has 31 heavy (non-hydrogen) atoms. The second-order valence-electron chi connectivity index (χ2n) is 7.33. The molecule has 0 radical (unpaired) electrons. The Kier molecular flexibility index (Phi) is 6.63. The van der Waals surface area contributed by atoms with E-state index in [1.54, 1.807) is 30.9 Å². The van der Waals surface area contributed by atoms with Crippen LogP contribution in [0.3, 0.4) is 0 Å². The first-order valence-electron chi connectivity index (χ1n) is 9.86. The molecule has 0 saturated carbocycles. The van der Waals surface area contributed by atoms with Crippen molar-refractivity contribution in [1.29, 1.82) is 0 Å². The van der Waals surface area contributed by atoms with Crippen LogP contribution in [0.4, 0.5) is 13.2 Å². The molecule has 1 aromatic heterocycles. The zero-order valence-corrected chi connectivity index (χ0v) is 17.5. The van der Waals surface area contributed by atoms with Gasteiger partial charge in [-0.25, -0.2) is 4.68 Å². The maximum atomic E-state index is 13.1. The van der Waals surface area contributed by atoms with Gasteiger partial charge >= 0.3 is 6.18 Å². The number of aryl methyl sites for hydroxylation is 1. The normalized spacial score (nSPS) is 11.4. The van der Waals surface area contributed by atoms with Gasteiger partial charge in [-0.3, -0.25) is 4.79 Å². The molecule has 7 heteroatoms. The second kappa shape index (κ2) is 9.20. The summed E-state index contributed by atoms with van der Waals surface area (Å²) in [4.78, 5) is 14.7. The monoisotopic (exact) mass is 427 g/mol. The number of carbonyl (C=O) groups is 1. The lowest BCUT2D eigenvalue weighted by Gasteiger charge is -2.21. The van der Waals surface area contributed by atoms with Gasteiger partial charge in [0.2, 0.25) is 5.91 Å². The SMILES string of the molecule is C=CCN(Cc1ccccc1)C(=O)Cc1c(C)nn(-c2cccc(C(F)(F)F)c2)c1C. The molecule has 1 amide bonds. The standard InChI is InChI=1S/C24H24F3N3O/c1-4-13-29(16-19-9-6-5-7-10-19)23(31)15-22-17(2)28-30(18(22)3)21-12-8-11-20(14-21)24(25,26)27/h4-12,14H,1,13,15-16H2,2-3H3. The Labute approximate surface area is 179 Å². The number of hydrogen-bond acceptors (Lipinski definition) is 2. The molecule has 0 fully saturated rings. The van der Waals surface area contributed by atoms with Crippen LogP contribution in [0.15, 0.2) is 67.3 Å². The lowest BCUT2D eigenvalue weighted by atomic mass is 10.1. The van der Waals surface area contributed by atoms with Gasteiger partial charge in [-0.1, -0.05) is 42.5 Å². The summed E-state index contributed by atoms with van der Waals surface area (Å²) in [5.41, 5.74) is 2.54. The van der Waals surface area contributed by atoms with Crippen molar-refractivity contribution in [2.45, 2.75) is 33.0 Å². The summed E-state index contributed by atoms with van der Waals surface area (Å²) < 4.78 is 40.7. The van der Waals surface area contributed by atoms with Crippen molar-refractivity contribution in [3.63, 3.8) is 0 Å². The van der Waals surface area contributed by atoms with E-state index < -0.39 is 11.7 Å². The van der Waals surface area contributed by atoms with E-state index in [0.29, 0.717) is 35.7 Å². The van der Waals surface area contributed by atoms with Gasteiger partial charge in [-0.15, -0.1) is 6.58 Å². The molecule has 0 spiro atoms. The first-order chi connectivity index (χ1) is 14.7. The smallest absolute Gasteiger partial charge is 0.334 e. The fourth-order valence-electron chi connectivity index (χ4n) is 3.47. The number of halogens is 3.